The number of aliphatic hydroxyl groups excluding tert-OH is 1. The molecule has 0 fully saturated rings. The van der Waals surface area contributed by atoms with E-state index in [0.717, 1.165) is 5.57 Å². The van der Waals surface area contributed by atoms with Crippen molar-refractivity contribution in [3.05, 3.63) is 47.1 Å². The lowest BCUT2D eigenvalue weighted by Gasteiger charge is -2.29. The second-order valence-corrected chi connectivity index (χ2v) is 4.29. The molecule has 0 aromatic rings. The van der Waals surface area contributed by atoms with Crippen LogP contribution in [0.3, 0.4) is 0 Å². The number of ketones is 1. The molecule has 1 aliphatic rings. The van der Waals surface area contributed by atoms with Crippen LogP contribution in [-0.2, 0) is 4.79 Å². The van der Waals surface area contributed by atoms with Gasteiger partial charge in [-0.1, -0.05) is 17.7 Å². The molecule has 0 heterocycles. The van der Waals surface area contributed by atoms with E-state index in [2.05, 4.69) is 0 Å². The van der Waals surface area contributed by atoms with Gasteiger partial charge in [-0.25, -0.2) is 0 Å². The Bertz CT molecular complexity index is 414. The Balaban J connectivity index is 3.03. The zero-order valence-corrected chi connectivity index (χ0v) is 10.4. The van der Waals surface area contributed by atoms with Gasteiger partial charge in [0.15, 0.2) is 5.78 Å². The van der Waals surface area contributed by atoms with Crippen LogP contribution in [0.2, 0.25) is 0 Å². The average Bonchev–Trinajstić information content (AvgIpc) is 2.24. The number of aliphatic hydroxyl groups is 2. The van der Waals surface area contributed by atoms with Gasteiger partial charge in [0, 0.05) is 0 Å². The van der Waals surface area contributed by atoms with E-state index in [1.807, 2.05) is 6.92 Å². The smallest absolute Gasteiger partial charge is 0.178 e. The maximum Gasteiger partial charge on any atom is 0.178 e. The van der Waals surface area contributed by atoms with E-state index in [0.29, 0.717) is 11.1 Å². The van der Waals surface area contributed by atoms with Gasteiger partial charge in [-0.3, -0.25) is 4.79 Å². The van der Waals surface area contributed by atoms with Gasteiger partial charge in [-0.2, -0.15) is 0 Å². The highest BCUT2D eigenvalue weighted by Gasteiger charge is 2.31. The van der Waals surface area contributed by atoms with Crippen molar-refractivity contribution >= 4 is 5.78 Å². The molecule has 0 aliphatic heterocycles. The highest BCUT2D eigenvalue weighted by molar-refractivity contribution is 6.02. The molecule has 0 spiro atoms. The van der Waals surface area contributed by atoms with Crippen LogP contribution in [0, 0.1) is 0 Å². The second kappa shape index (κ2) is 5.25. The first-order valence-electron chi connectivity index (χ1n) is 5.51. The number of carbonyl (C=O) groups is 1. The fraction of sp³-hybridized carbons (Fsp3) is 0.357. The normalized spacial score (nSPS) is 20.5. The van der Waals surface area contributed by atoms with Crippen LogP contribution < -0.4 is 0 Å². The van der Waals surface area contributed by atoms with Gasteiger partial charge < -0.3 is 10.2 Å². The van der Waals surface area contributed by atoms with Crippen LogP contribution in [0.4, 0.5) is 0 Å². The van der Waals surface area contributed by atoms with Crippen LogP contribution in [0.25, 0.3) is 0 Å². The Morgan fingerprint density at radius 2 is 1.88 bits per heavy atom. The Morgan fingerprint density at radius 1 is 1.35 bits per heavy atom. The summed E-state index contributed by atoms with van der Waals surface area (Å²) in [6.07, 6.45) is 7.89. The minimum Gasteiger partial charge on any atom is -0.392 e. The number of carbonyl (C=O) groups excluding carboxylic acids is 1. The molecule has 92 valence electrons. The molecule has 0 aromatic heterocycles. The molecule has 0 bridgehead atoms. The van der Waals surface area contributed by atoms with Gasteiger partial charge in [0.2, 0.25) is 0 Å². The zero-order chi connectivity index (χ0) is 13.1. The van der Waals surface area contributed by atoms with Crippen molar-refractivity contribution in [2.75, 3.05) is 6.61 Å². The van der Waals surface area contributed by atoms with Gasteiger partial charge >= 0.3 is 0 Å². The zero-order valence-electron chi connectivity index (χ0n) is 10.4. The molecule has 1 aliphatic carbocycles. The van der Waals surface area contributed by atoms with Gasteiger partial charge in [-0.15, -0.1) is 0 Å². The summed E-state index contributed by atoms with van der Waals surface area (Å²) >= 11 is 0. The number of hydrogen-bond donors (Lipinski definition) is 2. The maximum absolute atomic E-state index is 11.3. The van der Waals surface area contributed by atoms with Crippen molar-refractivity contribution < 1.29 is 15.0 Å². The summed E-state index contributed by atoms with van der Waals surface area (Å²) in [4.78, 5) is 11.3. The first-order chi connectivity index (χ1) is 7.90. The molecule has 2 N–H and O–H groups in total. The minimum absolute atomic E-state index is 0.0310. The van der Waals surface area contributed by atoms with E-state index in [4.69, 9.17) is 5.11 Å². The molecule has 3 heteroatoms. The fourth-order valence-corrected chi connectivity index (χ4v) is 1.73. The lowest BCUT2D eigenvalue weighted by Crippen LogP contribution is -2.32. The number of rotatable bonds is 3. The van der Waals surface area contributed by atoms with Crippen molar-refractivity contribution in [3.63, 3.8) is 0 Å². The summed E-state index contributed by atoms with van der Waals surface area (Å²) in [6.45, 7) is 5.26. The molecular weight excluding hydrogens is 216 g/mol. The standard InChI is InChI=1S/C14H18O3/c1-10(5-7-15)4-6-14(17)11(2)8-13(16)9-12(14)3/h4-6,8-9,15,17H,7H2,1-3H3/b6-4+,10-5-. The van der Waals surface area contributed by atoms with Gasteiger partial charge in [0.25, 0.3) is 0 Å². The molecule has 0 amide bonds. The molecule has 1 rings (SSSR count). The van der Waals surface area contributed by atoms with Gasteiger partial charge in [-0.05, 0) is 50.1 Å². The van der Waals surface area contributed by atoms with Crippen molar-refractivity contribution in [2.45, 2.75) is 26.4 Å². The summed E-state index contributed by atoms with van der Waals surface area (Å²) < 4.78 is 0. The van der Waals surface area contributed by atoms with Crippen molar-refractivity contribution in [1.29, 1.82) is 0 Å². The van der Waals surface area contributed by atoms with Gasteiger partial charge in [0.1, 0.15) is 5.60 Å². The molecule has 0 saturated heterocycles. The highest BCUT2D eigenvalue weighted by atomic mass is 16.3. The van der Waals surface area contributed by atoms with E-state index in [1.54, 1.807) is 32.1 Å². The lowest BCUT2D eigenvalue weighted by molar-refractivity contribution is -0.110. The Hall–Kier alpha value is -1.45. The van der Waals surface area contributed by atoms with Crippen LogP contribution >= 0.6 is 0 Å². The van der Waals surface area contributed by atoms with Gasteiger partial charge in [0.05, 0.1) is 6.61 Å². The molecule has 17 heavy (non-hydrogen) atoms. The average molecular weight is 234 g/mol. The number of hydrogen-bond acceptors (Lipinski definition) is 3. The lowest BCUT2D eigenvalue weighted by atomic mass is 9.82. The van der Waals surface area contributed by atoms with Crippen molar-refractivity contribution in [1.82, 2.24) is 0 Å². The Morgan fingerprint density at radius 3 is 2.35 bits per heavy atom. The summed E-state index contributed by atoms with van der Waals surface area (Å²) in [6, 6.07) is 0. The molecular formula is C14H18O3. The third-order valence-electron chi connectivity index (χ3n) is 2.92. The molecule has 3 nitrogen and oxygen atoms in total. The Kier molecular flexibility index (Phi) is 4.21. The van der Waals surface area contributed by atoms with E-state index in [9.17, 15) is 9.90 Å². The monoisotopic (exact) mass is 234 g/mol. The van der Waals surface area contributed by atoms with E-state index >= 15 is 0 Å². The largest absolute Gasteiger partial charge is 0.392 e. The van der Waals surface area contributed by atoms with E-state index in [-0.39, 0.29) is 12.4 Å². The summed E-state index contributed by atoms with van der Waals surface area (Å²) in [5, 5.41) is 19.2. The van der Waals surface area contributed by atoms with Crippen molar-refractivity contribution in [3.8, 4) is 0 Å². The molecule has 0 unspecified atom stereocenters. The summed E-state index contributed by atoms with van der Waals surface area (Å²) in [7, 11) is 0. The van der Waals surface area contributed by atoms with Crippen LogP contribution in [0.5, 0.6) is 0 Å². The van der Waals surface area contributed by atoms with Crippen LogP contribution in [-0.4, -0.2) is 28.2 Å². The highest BCUT2D eigenvalue weighted by Crippen LogP contribution is 2.30. The quantitative estimate of drug-likeness (QED) is 0.731. The molecule has 0 atom stereocenters. The van der Waals surface area contributed by atoms with Crippen molar-refractivity contribution in [2.24, 2.45) is 0 Å². The molecule has 0 aromatic carbocycles. The van der Waals surface area contributed by atoms with E-state index in [1.165, 1.54) is 12.2 Å². The summed E-state index contributed by atoms with van der Waals surface area (Å²) in [5.74, 6) is -0.0966. The minimum atomic E-state index is -1.20. The maximum atomic E-state index is 11.3. The van der Waals surface area contributed by atoms with Crippen LogP contribution in [0.1, 0.15) is 20.8 Å². The third kappa shape index (κ3) is 3.02. The topological polar surface area (TPSA) is 57.5 Å². The number of allylic oxidation sites excluding steroid dienone is 4. The summed E-state index contributed by atoms with van der Waals surface area (Å²) in [5.41, 5.74) is 0.878. The van der Waals surface area contributed by atoms with E-state index < -0.39 is 5.60 Å². The fourth-order valence-electron chi connectivity index (χ4n) is 1.73. The third-order valence-corrected chi connectivity index (χ3v) is 2.92. The predicted molar refractivity (Wildman–Crippen MR) is 67.5 cm³/mol. The SMILES string of the molecule is CC1=CC(=O)C=C(C)C1(O)/C=C/C(C)=C\CO. The molecule has 0 saturated carbocycles. The van der Waals surface area contributed by atoms with Crippen LogP contribution in [0.15, 0.2) is 47.1 Å². The predicted octanol–water partition coefficient (Wildman–Crippen LogP) is 1.69. The first-order valence-corrected chi connectivity index (χ1v) is 5.51. The first kappa shape index (κ1) is 13.6. The second-order valence-electron chi connectivity index (χ2n) is 4.29. The Labute approximate surface area is 101 Å². The molecule has 0 radical (unpaired) electrons.